The highest BCUT2D eigenvalue weighted by Crippen LogP contribution is 2.47. The van der Waals surface area contributed by atoms with Crippen LogP contribution in [0.5, 0.6) is 0 Å². The fourth-order valence-corrected chi connectivity index (χ4v) is 7.92. The van der Waals surface area contributed by atoms with Gasteiger partial charge in [0.1, 0.15) is 0 Å². The molecule has 0 amide bonds. The molecule has 0 radical (unpaired) electrons. The van der Waals surface area contributed by atoms with Crippen LogP contribution in [0.15, 0.2) is 176 Å². The molecule has 9 aromatic carbocycles. The number of aromatic nitrogens is 1. The third kappa shape index (κ3) is 3.84. The van der Waals surface area contributed by atoms with E-state index in [9.17, 15) is 0 Å². The zero-order valence-corrected chi connectivity index (χ0v) is 25.7. The average molecular weight is 596 g/mol. The third-order valence-electron chi connectivity index (χ3n) is 9.95. The summed E-state index contributed by atoms with van der Waals surface area (Å²) in [5.41, 5.74) is 8.62. The predicted octanol–water partition coefficient (Wildman–Crippen LogP) is 12.7. The summed E-state index contributed by atoms with van der Waals surface area (Å²) >= 11 is 0. The van der Waals surface area contributed by atoms with Crippen molar-refractivity contribution in [1.29, 1.82) is 0 Å². The van der Waals surface area contributed by atoms with Crippen LogP contribution in [0.3, 0.4) is 0 Å². The first-order valence-electron chi connectivity index (χ1n) is 16.3. The van der Waals surface area contributed by atoms with Gasteiger partial charge in [-0.05, 0) is 78.8 Å². The second kappa shape index (κ2) is 10.2. The molecule has 0 bridgehead atoms. The van der Waals surface area contributed by atoms with Gasteiger partial charge in [0.15, 0.2) is 0 Å². The van der Waals surface area contributed by atoms with Crippen molar-refractivity contribution in [2.75, 3.05) is 0 Å². The van der Waals surface area contributed by atoms with Crippen molar-refractivity contribution in [3.8, 4) is 27.9 Å². The molecule has 10 aromatic rings. The van der Waals surface area contributed by atoms with Gasteiger partial charge in [0.25, 0.3) is 0 Å². The fraction of sp³-hybridized carbons (Fsp3) is 0. The van der Waals surface area contributed by atoms with E-state index in [1.807, 2.05) is 0 Å². The van der Waals surface area contributed by atoms with Gasteiger partial charge in [-0.1, -0.05) is 152 Å². The minimum Gasteiger partial charge on any atom is -0.309 e. The van der Waals surface area contributed by atoms with Gasteiger partial charge in [-0.15, -0.1) is 0 Å². The maximum absolute atomic E-state index is 2.49. The summed E-state index contributed by atoms with van der Waals surface area (Å²) in [6.45, 7) is 0. The monoisotopic (exact) mass is 595 g/mol. The molecule has 0 spiro atoms. The van der Waals surface area contributed by atoms with E-state index >= 15 is 0 Å². The summed E-state index contributed by atoms with van der Waals surface area (Å²) in [6.07, 6.45) is 0. The van der Waals surface area contributed by atoms with Crippen molar-refractivity contribution < 1.29 is 0 Å². The van der Waals surface area contributed by atoms with Crippen molar-refractivity contribution in [1.82, 2.24) is 4.57 Å². The molecule has 218 valence electrons. The van der Waals surface area contributed by atoms with Crippen LogP contribution in [-0.4, -0.2) is 4.57 Å². The lowest BCUT2D eigenvalue weighted by Crippen LogP contribution is -1.95. The zero-order chi connectivity index (χ0) is 30.9. The number of hydrogen-bond donors (Lipinski definition) is 0. The molecule has 1 aromatic heterocycles. The molecule has 0 fully saturated rings. The van der Waals surface area contributed by atoms with Crippen molar-refractivity contribution in [2.24, 2.45) is 0 Å². The van der Waals surface area contributed by atoms with Crippen molar-refractivity contribution in [3.05, 3.63) is 176 Å². The van der Waals surface area contributed by atoms with E-state index in [1.165, 1.54) is 87.1 Å². The van der Waals surface area contributed by atoms with Gasteiger partial charge in [-0.3, -0.25) is 0 Å². The first-order chi connectivity index (χ1) is 23.3. The zero-order valence-electron chi connectivity index (χ0n) is 25.7. The Labute approximate surface area is 272 Å². The van der Waals surface area contributed by atoms with Crippen LogP contribution in [0, 0.1) is 0 Å². The summed E-state index contributed by atoms with van der Waals surface area (Å²) in [5.74, 6) is 0. The minimum absolute atomic E-state index is 1.16. The Hall–Kier alpha value is -6.18. The Morgan fingerprint density at radius 2 is 0.915 bits per heavy atom. The van der Waals surface area contributed by atoms with Gasteiger partial charge in [0.2, 0.25) is 0 Å². The lowest BCUT2D eigenvalue weighted by atomic mass is 9.88. The number of rotatable bonds is 3. The minimum atomic E-state index is 1.16. The molecule has 1 heterocycles. The van der Waals surface area contributed by atoms with Gasteiger partial charge < -0.3 is 4.57 Å². The van der Waals surface area contributed by atoms with Crippen LogP contribution in [0.4, 0.5) is 0 Å². The van der Waals surface area contributed by atoms with Crippen molar-refractivity contribution in [2.45, 2.75) is 0 Å². The van der Waals surface area contributed by atoms with Gasteiger partial charge >= 0.3 is 0 Å². The van der Waals surface area contributed by atoms with Gasteiger partial charge in [-0.25, -0.2) is 0 Å². The summed E-state index contributed by atoms with van der Waals surface area (Å²) in [6, 6.07) is 64.4. The number of para-hydroxylation sites is 1. The lowest BCUT2D eigenvalue weighted by Gasteiger charge is -2.16. The second-order valence-corrected chi connectivity index (χ2v) is 12.5. The third-order valence-corrected chi connectivity index (χ3v) is 9.95. The van der Waals surface area contributed by atoms with E-state index in [1.54, 1.807) is 0 Å². The first-order valence-corrected chi connectivity index (χ1v) is 16.3. The van der Waals surface area contributed by atoms with E-state index < -0.39 is 0 Å². The smallest absolute Gasteiger partial charge is 0.0626 e. The maximum Gasteiger partial charge on any atom is 0.0626 e. The summed E-state index contributed by atoms with van der Waals surface area (Å²) in [7, 11) is 0. The van der Waals surface area contributed by atoms with E-state index in [-0.39, 0.29) is 0 Å². The van der Waals surface area contributed by atoms with Crippen LogP contribution in [0.25, 0.3) is 92.8 Å². The molecule has 0 aliphatic rings. The van der Waals surface area contributed by atoms with Crippen LogP contribution in [-0.2, 0) is 0 Å². The Kier molecular flexibility index (Phi) is 5.64. The van der Waals surface area contributed by atoms with Crippen molar-refractivity contribution >= 4 is 64.9 Å². The predicted molar refractivity (Wildman–Crippen MR) is 202 cm³/mol. The van der Waals surface area contributed by atoms with E-state index in [4.69, 9.17) is 0 Å². The average Bonchev–Trinajstić information content (AvgIpc) is 3.50. The molecular formula is C46H29N. The van der Waals surface area contributed by atoms with Crippen molar-refractivity contribution in [3.63, 3.8) is 0 Å². The summed E-state index contributed by atoms with van der Waals surface area (Å²) in [4.78, 5) is 0. The standard InChI is InChI=1S/C46H29N/c1-2-13-31(14-3-1)41-29-42-37-19-7-9-21-39(37)46-45(44(42)38-20-8-6-18-36(38)41)40-22-10-11-24-43(40)47(46)33-27-25-32(26-28-33)35-23-12-16-30-15-4-5-17-34(30)35/h1-29H. The van der Waals surface area contributed by atoms with Gasteiger partial charge in [-0.2, -0.15) is 0 Å². The highest BCUT2D eigenvalue weighted by Gasteiger charge is 2.21. The Balaban J connectivity index is 1.33. The Bertz CT molecular complexity index is 2820. The molecule has 0 aliphatic heterocycles. The molecule has 0 saturated heterocycles. The highest BCUT2D eigenvalue weighted by molar-refractivity contribution is 6.38. The fourth-order valence-electron chi connectivity index (χ4n) is 7.92. The van der Waals surface area contributed by atoms with Crippen LogP contribution < -0.4 is 0 Å². The molecule has 1 nitrogen and oxygen atoms in total. The van der Waals surface area contributed by atoms with E-state index in [0.717, 1.165) is 5.69 Å². The molecule has 10 rings (SSSR count). The Morgan fingerprint density at radius 1 is 0.319 bits per heavy atom. The van der Waals surface area contributed by atoms with Crippen LogP contribution >= 0.6 is 0 Å². The van der Waals surface area contributed by atoms with Crippen LogP contribution in [0.2, 0.25) is 0 Å². The summed E-state index contributed by atoms with van der Waals surface area (Å²) < 4.78 is 2.49. The molecule has 1 heteroatoms. The van der Waals surface area contributed by atoms with E-state index in [0.29, 0.717) is 0 Å². The maximum atomic E-state index is 2.49. The SMILES string of the molecule is c1ccc(-c2cc3c4ccccc4c4c(c5ccccc5n4-c4ccc(-c5cccc6ccccc56)cc4)c3c3ccccc23)cc1. The molecule has 0 atom stereocenters. The number of fused-ring (bicyclic) bond motifs is 11. The molecule has 0 aliphatic carbocycles. The van der Waals surface area contributed by atoms with Crippen LogP contribution in [0.1, 0.15) is 0 Å². The van der Waals surface area contributed by atoms with E-state index in [2.05, 4.69) is 180 Å². The normalized spacial score (nSPS) is 11.8. The highest BCUT2D eigenvalue weighted by atomic mass is 15.0. The quantitative estimate of drug-likeness (QED) is 0.179. The topological polar surface area (TPSA) is 4.93 Å². The molecule has 0 N–H and O–H groups in total. The van der Waals surface area contributed by atoms with Gasteiger partial charge in [0, 0.05) is 27.2 Å². The Morgan fingerprint density at radius 3 is 1.72 bits per heavy atom. The second-order valence-electron chi connectivity index (χ2n) is 12.5. The number of nitrogens with zero attached hydrogens (tertiary/aromatic N) is 1. The molecule has 47 heavy (non-hydrogen) atoms. The number of benzene rings is 9. The number of hydrogen-bond acceptors (Lipinski definition) is 0. The summed E-state index contributed by atoms with van der Waals surface area (Å²) in [5, 5.41) is 12.8. The van der Waals surface area contributed by atoms with Gasteiger partial charge in [0.05, 0.1) is 11.0 Å². The molecule has 0 saturated carbocycles. The largest absolute Gasteiger partial charge is 0.309 e. The first kappa shape index (κ1) is 26.1. The molecular weight excluding hydrogens is 567 g/mol. The molecule has 0 unspecified atom stereocenters. The lowest BCUT2D eigenvalue weighted by molar-refractivity contribution is 1.19.